The van der Waals surface area contributed by atoms with E-state index in [0.29, 0.717) is 5.52 Å². The van der Waals surface area contributed by atoms with Crippen molar-refractivity contribution in [1.29, 1.82) is 0 Å². The van der Waals surface area contributed by atoms with E-state index in [4.69, 9.17) is 0 Å². The maximum atomic E-state index is 12.4. The predicted molar refractivity (Wildman–Crippen MR) is 101 cm³/mol. The summed E-state index contributed by atoms with van der Waals surface area (Å²) in [7, 11) is 0. The van der Waals surface area contributed by atoms with Gasteiger partial charge in [-0.05, 0) is 59.2 Å². The van der Waals surface area contributed by atoms with Crippen LogP contribution in [0.15, 0.2) is 36.4 Å². The molecule has 0 aliphatic heterocycles. The molecule has 0 saturated carbocycles. The lowest BCUT2D eigenvalue weighted by atomic mass is 9.98. The highest BCUT2D eigenvalue weighted by Gasteiger charge is 2.22. The maximum Gasteiger partial charge on any atom is 0.388 e. The summed E-state index contributed by atoms with van der Waals surface area (Å²) < 4.78 is 29.2. The Morgan fingerprint density at radius 2 is 1.85 bits per heavy atom. The molecule has 1 atom stereocenters. The Labute approximate surface area is 152 Å². The molecule has 26 heavy (non-hydrogen) atoms. The molecule has 1 unspecified atom stereocenters. The average Bonchev–Trinajstić information content (AvgIpc) is 3.01. The van der Waals surface area contributed by atoms with E-state index in [1.807, 2.05) is 18.2 Å². The molecule has 1 heterocycles. The number of fused-ring (bicyclic) bond motifs is 4. The Balaban J connectivity index is 1.67. The third-order valence-corrected chi connectivity index (χ3v) is 5.42. The molecule has 0 fully saturated rings. The number of aromatic nitrogens is 1. The molecule has 0 spiro atoms. The van der Waals surface area contributed by atoms with Crippen molar-refractivity contribution in [2.75, 3.05) is 0 Å². The summed E-state index contributed by atoms with van der Waals surface area (Å²) in [6, 6.07) is 11.9. The number of hydrogen-bond acceptors (Lipinski definition) is 2. The Kier molecular flexibility index (Phi) is 4.75. The molecule has 0 amide bonds. The van der Waals surface area contributed by atoms with Crippen molar-refractivity contribution in [2.24, 2.45) is 5.92 Å². The summed E-state index contributed by atoms with van der Waals surface area (Å²) in [6.07, 6.45) is 7.51. The second kappa shape index (κ2) is 7.18. The lowest BCUT2D eigenvalue weighted by molar-refractivity contribution is -0.0526. The molecule has 4 heteroatoms. The predicted octanol–water partition coefficient (Wildman–Crippen LogP) is 6.28. The molecule has 0 radical (unpaired) electrons. The molecule has 4 rings (SSSR count). The van der Waals surface area contributed by atoms with E-state index in [2.05, 4.69) is 28.8 Å². The molecule has 3 aromatic rings. The standard InChI is InChI=1S/C22H23F2NO/c1-2-3-4-5-14-10-16-12-15-6-8-20-18(19(15)13-17(16)11-14)7-9-21(25-20)26-22(23)24/h6-9,12-14,22H,2-5,10-11H2,1H3. The normalized spacial score (nSPS) is 16.5. The van der Waals surface area contributed by atoms with Crippen LogP contribution in [-0.2, 0) is 12.8 Å². The fraction of sp³-hybridized carbons (Fsp3) is 0.409. The third kappa shape index (κ3) is 3.37. The number of halogens is 2. The molecule has 0 bridgehead atoms. The molecule has 1 aromatic heterocycles. The van der Waals surface area contributed by atoms with Crippen LogP contribution >= 0.6 is 0 Å². The highest BCUT2D eigenvalue weighted by atomic mass is 19.3. The molecule has 0 N–H and O–H groups in total. The van der Waals surface area contributed by atoms with Crippen molar-refractivity contribution in [3.05, 3.63) is 47.5 Å². The van der Waals surface area contributed by atoms with Crippen LogP contribution in [-0.4, -0.2) is 11.6 Å². The minimum absolute atomic E-state index is 0.0380. The van der Waals surface area contributed by atoms with E-state index < -0.39 is 6.61 Å². The first-order chi connectivity index (χ1) is 12.6. The summed E-state index contributed by atoms with van der Waals surface area (Å²) in [5.41, 5.74) is 3.58. The van der Waals surface area contributed by atoms with Crippen LogP contribution in [0.1, 0.15) is 43.7 Å². The van der Waals surface area contributed by atoms with Crippen LogP contribution in [0.3, 0.4) is 0 Å². The van der Waals surface area contributed by atoms with E-state index in [-0.39, 0.29) is 5.88 Å². The second-order valence-electron chi connectivity index (χ2n) is 7.27. The van der Waals surface area contributed by atoms with E-state index in [0.717, 1.165) is 23.1 Å². The van der Waals surface area contributed by atoms with Crippen molar-refractivity contribution < 1.29 is 13.5 Å². The van der Waals surface area contributed by atoms with Crippen LogP contribution in [0.2, 0.25) is 0 Å². The number of benzene rings is 2. The topological polar surface area (TPSA) is 22.1 Å². The molecule has 1 aliphatic carbocycles. The van der Waals surface area contributed by atoms with E-state index in [1.54, 1.807) is 0 Å². The van der Waals surface area contributed by atoms with Crippen molar-refractivity contribution >= 4 is 21.7 Å². The van der Waals surface area contributed by atoms with Gasteiger partial charge in [-0.25, -0.2) is 4.98 Å². The summed E-state index contributed by atoms with van der Waals surface area (Å²) in [5, 5.41) is 3.32. The van der Waals surface area contributed by atoms with Gasteiger partial charge in [-0.2, -0.15) is 8.78 Å². The number of alkyl halides is 2. The molecule has 2 nitrogen and oxygen atoms in total. The fourth-order valence-corrected chi connectivity index (χ4v) is 4.18. The van der Waals surface area contributed by atoms with Gasteiger partial charge in [0.2, 0.25) is 5.88 Å². The first-order valence-corrected chi connectivity index (χ1v) is 9.44. The lowest BCUT2D eigenvalue weighted by Gasteiger charge is -2.09. The van der Waals surface area contributed by atoms with Crippen LogP contribution in [0.5, 0.6) is 5.88 Å². The third-order valence-electron chi connectivity index (χ3n) is 5.42. The zero-order valence-electron chi connectivity index (χ0n) is 15.0. The second-order valence-corrected chi connectivity index (χ2v) is 7.27. The van der Waals surface area contributed by atoms with Crippen LogP contribution in [0, 0.1) is 5.92 Å². The zero-order chi connectivity index (χ0) is 18.1. The average molecular weight is 355 g/mol. The SMILES string of the molecule is CCCCCC1Cc2cc3ccc4nc(OC(F)F)ccc4c3cc2C1. The van der Waals surface area contributed by atoms with Gasteiger partial charge in [-0.3, -0.25) is 0 Å². The number of pyridine rings is 1. The maximum absolute atomic E-state index is 12.4. The number of unbranched alkanes of at least 4 members (excludes halogenated alkanes) is 2. The van der Waals surface area contributed by atoms with Crippen molar-refractivity contribution in [1.82, 2.24) is 4.98 Å². The summed E-state index contributed by atoms with van der Waals surface area (Å²) in [4.78, 5) is 4.22. The molecular formula is C22H23F2NO. The van der Waals surface area contributed by atoms with E-state index >= 15 is 0 Å². The van der Waals surface area contributed by atoms with Gasteiger partial charge in [0.05, 0.1) is 5.52 Å². The summed E-state index contributed by atoms with van der Waals surface area (Å²) in [6.45, 7) is -0.610. The largest absolute Gasteiger partial charge is 0.417 e. The quantitative estimate of drug-likeness (QED) is 0.383. The van der Waals surface area contributed by atoms with Gasteiger partial charge < -0.3 is 4.74 Å². The first kappa shape index (κ1) is 17.2. The highest BCUT2D eigenvalue weighted by Crippen LogP contribution is 2.35. The molecule has 2 aromatic carbocycles. The Morgan fingerprint density at radius 1 is 1.04 bits per heavy atom. The number of nitrogens with zero attached hydrogens (tertiary/aromatic N) is 1. The lowest BCUT2D eigenvalue weighted by Crippen LogP contribution is -2.03. The number of ether oxygens (including phenoxy) is 1. The number of rotatable bonds is 6. The van der Waals surface area contributed by atoms with Gasteiger partial charge in [0.1, 0.15) is 0 Å². The van der Waals surface area contributed by atoms with Gasteiger partial charge in [0.15, 0.2) is 0 Å². The summed E-state index contributed by atoms with van der Waals surface area (Å²) in [5.74, 6) is 0.716. The Hall–Kier alpha value is -2.23. The minimum Gasteiger partial charge on any atom is -0.417 e. The van der Waals surface area contributed by atoms with Crippen molar-refractivity contribution in [2.45, 2.75) is 52.1 Å². The molecule has 0 saturated heterocycles. The number of hydrogen-bond donors (Lipinski definition) is 0. The van der Waals surface area contributed by atoms with Gasteiger partial charge >= 0.3 is 6.61 Å². The van der Waals surface area contributed by atoms with Crippen molar-refractivity contribution in [3.63, 3.8) is 0 Å². The fourth-order valence-electron chi connectivity index (χ4n) is 4.18. The molecule has 1 aliphatic rings. The monoisotopic (exact) mass is 355 g/mol. The smallest absolute Gasteiger partial charge is 0.388 e. The summed E-state index contributed by atoms with van der Waals surface area (Å²) >= 11 is 0. The Morgan fingerprint density at radius 3 is 2.62 bits per heavy atom. The minimum atomic E-state index is -2.85. The highest BCUT2D eigenvalue weighted by molar-refractivity contribution is 6.06. The van der Waals surface area contributed by atoms with Gasteiger partial charge in [-0.1, -0.05) is 44.4 Å². The van der Waals surface area contributed by atoms with Crippen LogP contribution in [0.25, 0.3) is 21.7 Å². The van der Waals surface area contributed by atoms with Gasteiger partial charge in [0, 0.05) is 11.5 Å². The van der Waals surface area contributed by atoms with Gasteiger partial charge in [0.25, 0.3) is 0 Å². The Bertz CT molecular complexity index is 938. The van der Waals surface area contributed by atoms with Gasteiger partial charge in [-0.15, -0.1) is 0 Å². The molecular weight excluding hydrogens is 332 g/mol. The molecule has 136 valence electrons. The van der Waals surface area contributed by atoms with Crippen LogP contribution in [0.4, 0.5) is 8.78 Å². The first-order valence-electron chi connectivity index (χ1n) is 9.44. The zero-order valence-corrected chi connectivity index (χ0v) is 15.0. The van der Waals surface area contributed by atoms with E-state index in [1.165, 1.54) is 54.7 Å². The van der Waals surface area contributed by atoms with Crippen molar-refractivity contribution in [3.8, 4) is 5.88 Å². The van der Waals surface area contributed by atoms with E-state index in [9.17, 15) is 8.78 Å². The van der Waals surface area contributed by atoms with Crippen LogP contribution < -0.4 is 4.74 Å².